The first kappa shape index (κ1) is 10.5. The van der Waals surface area contributed by atoms with Crippen molar-refractivity contribution in [3.63, 3.8) is 0 Å². The lowest BCUT2D eigenvalue weighted by molar-refractivity contribution is 0.565. The largest absolute Gasteiger partial charge is 0.383 e. The van der Waals surface area contributed by atoms with E-state index in [2.05, 4.69) is 25.8 Å². The van der Waals surface area contributed by atoms with Crippen LogP contribution in [-0.4, -0.2) is 4.98 Å². The van der Waals surface area contributed by atoms with E-state index in [9.17, 15) is 0 Å². The van der Waals surface area contributed by atoms with Crippen LogP contribution in [0.2, 0.25) is 0 Å². The average molecular weight is 189 g/mol. The van der Waals surface area contributed by atoms with E-state index >= 15 is 0 Å². The summed E-state index contributed by atoms with van der Waals surface area (Å²) in [5, 5.41) is 8.77. The molecule has 3 nitrogen and oxygen atoms in total. The van der Waals surface area contributed by atoms with Crippen molar-refractivity contribution in [1.82, 2.24) is 4.98 Å². The summed E-state index contributed by atoms with van der Waals surface area (Å²) >= 11 is 0. The molecule has 1 aromatic heterocycles. The SMILES string of the molecule is Cc1cc(C#N)c(N)nc1C(C)(C)C. The Kier molecular flexibility index (Phi) is 2.48. The first-order valence-corrected chi connectivity index (χ1v) is 4.54. The van der Waals surface area contributed by atoms with E-state index in [1.54, 1.807) is 6.07 Å². The zero-order valence-electron chi connectivity index (χ0n) is 9.05. The molecular weight excluding hydrogens is 174 g/mol. The van der Waals surface area contributed by atoms with Crippen molar-refractivity contribution in [2.24, 2.45) is 0 Å². The molecule has 0 amide bonds. The molecule has 14 heavy (non-hydrogen) atoms. The Bertz CT molecular complexity index is 394. The molecule has 0 aliphatic heterocycles. The lowest BCUT2D eigenvalue weighted by Crippen LogP contribution is -2.17. The third-order valence-corrected chi connectivity index (χ3v) is 2.07. The Balaban J connectivity index is 3.38. The quantitative estimate of drug-likeness (QED) is 0.680. The molecule has 74 valence electrons. The van der Waals surface area contributed by atoms with Gasteiger partial charge in [-0.2, -0.15) is 5.26 Å². The van der Waals surface area contributed by atoms with E-state index in [0.29, 0.717) is 11.4 Å². The van der Waals surface area contributed by atoms with Crippen molar-refractivity contribution in [3.05, 3.63) is 22.9 Å². The highest BCUT2D eigenvalue weighted by Gasteiger charge is 2.19. The molecule has 0 spiro atoms. The predicted octanol–water partition coefficient (Wildman–Crippen LogP) is 2.14. The van der Waals surface area contributed by atoms with E-state index in [4.69, 9.17) is 11.0 Å². The normalized spacial score (nSPS) is 11.1. The number of rotatable bonds is 0. The lowest BCUT2D eigenvalue weighted by Gasteiger charge is -2.20. The number of nitrogens with two attached hydrogens (primary N) is 1. The zero-order chi connectivity index (χ0) is 10.9. The molecule has 0 bridgehead atoms. The fraction of sp³-hybridized carbons (Fsp3) is 0.455. The summed E-state index contributed by atoms with van der Waals surface area (Å²) in [7, 11) is 0. The van der Waals surface area contributed by atoms with Gasteiger partial charge in [0.05, 0.1) is 11.3 Å². The van der Waals surface area contributed by atoms with Gasteiger partial charge in [-0.3, -0.25) is 0 Å². The van der Waals surface area contributed by atoms with Gasteiger partial charge in [-0.05, 0) is 18.6 Å². The number of pyridine rings is 1. The molecule has 0 aliphatic rings. The molecule has 1 rings (SSSR count). The number of hydrogen-bond acceptors (Lipinski definition) is 3. The third-order valence-electron chi connectivity index (χ3n) is 2.07. The maximum Gasteiger partial charge on any atom is 0.141 e. The van der Waals surface area contributed by atoms with Gasteiger partial charge in [0.2, 0.25) is 0 Å². The standard InChI is InChI=1S/C11H15N3/c1-7-5-8(6-12)10(13)14-9(7)11(2,3)4/h5H,1-4H3,(H2,13,14). The van der Waals surface area contributed by atoms with Crippen molar-refractivity contribution in [1.29, 1.82) is 5.26 Å². The second-order valence-electron chi connectivity index (χ2n) is 4.45. The molecule has 2 N–H and O–H groups in total. The van der Waals surface area contributed by atoms with Crippen LogP contribution in [0.4, 0.5) is 5.82 Å². The van der Waals surface area contributed by atoms with E-state index in [1.165, 1.54) is 0 Å². The highest BCUT2D eigenvalue weighted by atomic mass is 14.9. The van der Waals surface area contributed by atoms with Gasteiger partial charge in [-0.1, -0.05) is 20.8 Å². The summed E-state index contributed by atoms with van der Waals surface area (Å²) in [4.78, 5) is 4.27. The second kappa shape index (κ2) is 3.30. The molecule has 1 heterocycles. The van der Waals surface area contributed by atoms with Crippen molar-refractivity contribution >= 4 is 5.82 Å². The Morgan fingerprint density at radius 3 is 2.43 bits per heavy atom. The number of hydrogen-bond donors (Lipinski definition) is 1. The number of aryl methyl sites for hydroxylation is 1. The molecule has 3 heteroatoms. The average Bonchev–Trinajstić information content (AvgIpc) is 2.06. The minimum absolute atomic E-state index is 0.0355. The number of anilines is 1. The van der Waals surface area contributed by atoms with Gasteiger partial charge in [0.25, 0.3) is 0 Å². The molecule has 0 fully saturated rings. The van der Waals surface area contributed by atoms with Crippen molar-refractivity contribution in [2.75, 3.05) is 5.73 Å². The summed E-state index contributed by atoms with van der Waals surface area (Å²) < 4.78 is 0. The Hall–Kier alpha value is -1.56. The summed E-state index contributed by atoms with van der Waals surface area (Å²) in [5.41, 5.74) is 8.05. The van der Waals surface area contributed by atoms with Gasteiger partial charge in [0.15, 0.2) is 0 Å². The maximum atomic E-state index is 8.77. The minimum atomic E-state index is -0.0355. The highest BCUT2D eigenvalue weighted by molar-refractivity contribution is 5.51. The predicted molar refractivity (Wildman–Crippen MR) is 56.8 cm³/mol. The van der Waals surface area contributed by atoms with Crippen LogP contribution in [0.5, 0.6) is 0 Å². The topological polar surface area (TPSA) is 62.7 Å². The summed E-state index contributed by atoms with van der Waals surface area (Å²) in [6.45, 7) is 8.18. The third kappa shape index (κ3) is 1.85. The molecule has 0 unspecified atom stereocenters. The van der Waals surface area contributed by atoms with Crippen LogP contribution < -0.4 is 5.73 Å². The van der Waals surface area contributed by atoms with Crippen LogP contribution in [0.1, 0.15) is 37.6 Å². The Labute approximate surface area is 84.6 Å². The second-order valence-corrected chi connectivity index (χ2v) is 4.45. The highest BCUT2D eigenvalue weighted by Crippen LogP contribution is 2.25. The summed E-state index contributed by atoms with van der Waals surface area (Å²) in [6, 6.07) is 3.82. The van der Waals surface area contributed by atoms with Crippen molar-refractivity contribution in [3.8, 4) is 6.07 Å². The molecule has 0 saturated carbocycles. The molecule has 1 aromatic rings. The summed E-state index contributed by atoms with van der Waals surface area (Å²) in [5.74, 6) is 0.322. The zero-order valence-corrected chi connectivity index (χ0v) is 9.05. The maximum absolute atomic E-state index is 8.77. The Morgan fingerprint density at radius 1 is 1.43 bits per heavy atom. The fourth-order valence-electron chi connectivity index (χ4n) is 1.48. The fourth-order valence-corrected chi connectivity index (χ4v) is 1.48. The number of nitriles is 1. The smallest absolute Gasteiger partial charge is 0.141 e. The van der Waals surface area contributed by atoms with Crippen molar-refractivity contribution < 1.29 is 0 Å². The van der Waals surface area contributed by atoms with Gasteiger partial charge >= 0.3 is 0 Å². The molecule has 0 aromatic carbocycles. The van der Waals surface area contributed by atoms with Gasteiger partial charge < -0.3 is 5.73 Å². The van der Waals surface area contributed by atoms with Crippen LogP contribution in [0.25, 0.3) is 0 Å². The number of aromatic nitrogens is 1. The van der Waals surface area contributed by atoms with E-state index < -0.39 is 0 Å². The van der Waals surface area contributed by atoms with E-state index in [1.807, 2.05) is 13.0 Å². The van der Waals surface area contributed by atoms with E-state index in [-0.39, 0.29) is 5.41 Å². The van der Waals surface area contributed by atoms with Crippen LogP contribution in [0.15, 0.2) is 6.07 Å². The van der Waals surface area contributed by atoms with Crippen molar-refractivity contribution in [2.45, 2.75) is 33.1 Å². The first-order valence-electron chi connectivity index (χ1n) is 4.54. The molecule has 0 saturated heterocycles. The van der Waals surface area contributed by atoms with Crippen LogP contribution in [0.3, 0.4) is 0 Å². The Morgan fingerprint density at radius 2 is 2.00 bits per heavy atom. The van der Waals surface area contributed by atoms with Gasteiger partial charge in [0.1, 0.15) is 11.9 Å². The number of nitrogens with zero attached hydrogens (tertiary/aromatic N) is 2. The lowest BCUT2D eigenvalue weighted by atomic mass is 9.88. The van der Waals surface area contributed by atoms with Crippen LogP contribution in [0, 0.1) is 18.3 Å². The monoisotopic (exact) mass is 189 g/mol. The van der Waals surface area contributed by atoms with Gasteiger partial charge in [-0.25, -0.2) is 4.98 Å². The molecule has 0 radical (unpaired) electrons. The molecular formula is C11H15N3. The summed E-state index contributed by atoms with van der Waals surface area (Å²) in [6.07, 6.45) is 0. The molecule has 0 atom stereocenters. The van der Waals surface area contributed by atoms with E-state index in [0.717, 1.165) is 11.3 Å². The molecule has 0 aliphatic carbocycles. The van der Waals surface area contributed by atoms with Gasteiger partial charge in [-0.15, -0.1) is 0 Å². The van der Waals surface area contributed by atoms with Crippen LogP contribution in [-0.2, 0) is 5.41 Å². The minimum Gasteiger partial charge on any atom is -0.383 e. The first-order chi connectivity index (χ1) is 6.36. The van der Waals surface area contributed by atoms with Crippen LogP contribution >= 0.6 is 0 Å². The number of nitrogen functional groups attached to an aromatic ring is 1. The van der Waals surface area contributed by atoms with Gasteiger partial charge in [0, 0.05) is 5.41 Å².